The minimum absolute atomic E-state index is 0.137. The molecular weight excluding hydrogens is 364 g/mol. The quantitative estimate of drug-likeness (QED) is 0.537. The second-order valence-corrected chi connectivity index (χ2v) is 7.44. The Morgan fingerprint density at radius 3 is 2.48 bits per heavy atom. The lowest BCUT2D eigenvalue weighted by molar-refractivity contribution is -0.142. The third kappa shape index (κ3) is 8.79. The molecule has 1 aromatic rings. The van der Waals surface area contributed by atoms with Gasteiger partial charge in [0.2, 0.25) is 11.8 Å². The number of rotatable bonds is 10. The third-order valence-corrected chi connectivity index (χ3v) is 4.73. The van der Waals surface area contributed by atoms with Crippen LogP contribution in [-0.2, 0) is 14.4 Å². The van der Waals surface area contributed by atoms with Gasteiger partial charge in [0, 0.05) is 17.1 Å². The Kier molecular flexibility index (Phi) is 9.37. The summed E-state index contributed by atoms with van der Waals surface area (Å²) in [4.78, 5) is 35.5. The zero-order chi connectivity index (χ0) is 18.8. The average molecular weight is 387 g/mol. The average Bonchev–Trinajstić information content (AvgIpc) is 2.53. The molecule has 0 aliphatic heterocycles. The molecule has 8 heteroatoms. The zero-order valence-corrected chi connectivity index (χ0v) is 15.8. The topological polar surface area (TPSA) is 95.5 Å². The molecule has 0 aliphatic rings. The van der Waals surface area contributed by atoms with E-state index in [2.05, 4.69) is 10.6 Å². The Balaban J connectivity index is 2.29. The third-order valence-electron chi connectivity index (χ3n) is 3.21. The van der Waals surface area contributed by atoms with Crippen molar-refractivity contribution in [3.05, 3.63) is 29.3 Å². The Labute approximate surface area is 156 Å². The second-order valence-electron chi connectivity index (χ2n) is 5.89. The first-order chi connectivity index (χ1) is 11.8. The van der Waals surface area contributed by atoms with E-state index in [1.54, 1.807) is 6.07 Å². The van der Waals surface area contributed by atoms with Crippen molar-refractivity contribution >= 4 is 41.1 Å². The van der Waals surface area contributed by atoms with Gasteiger partial charge < -0.3 is 15.7 Å². The van der Waals surface area contributed by atoms with E-state index in [0.717, 1.165) is 4.90 Å². The Bertz CT molecular complexity index is 610. The van der Waals surface area contributed by atoms with E-state index in [-0.39, 0.29) is 24.8 Å². The molecule has 0 aliphatic carbocycles. The molecule has 0 spiro atoms. The van der Waals surface area contributed by atoms with Crippen LogP contribution in [0.5, 0.6) is 0 Å². The first kappa shape index (κ1) is 21.3. The molecule has 0 saturated heterocycles. The number of carbonyl (C=O) groups is 3. The van der Waals surface area contributed by atoms with Crippen molar-refractivity contribution in [2.45, 2.75) is 37.6 Å². The number of benzene rings is 1. The number of thioether (sulfide) groups is 1. The molecule has 1 rings (SSSR count). The first-order valence-electron chi connectivity index (χ1n) is 7.95. The fourth-order valence-electron chi connectivity index (χ4n) is 2.02. The Morgan fingerprint density at radius 1 is 1.20 bits per heavy atom. The number of aliphatic carboxylic acids is 1. The van der Waals surface area contributed by atoms with E-state index in [9.17, 15) is 14.4 Å². The fourth-order valence-corrected chi connectivity index (χ4v) is 3.21. The summed E-state index contributed by atoms with van der Waals surface area (Å²) in [5, 5.41) is 14.6. The highest BCUT2D eigenvalue weighted by Crippen LogP contribution is 2.26. The van der Waals surface area contributed by atoms with Gasteiger partial charge in [-0.15, -0.1) is 11.8 Å². The molecule has 1 atom stereocenters. The van der Waals surface area contributed by atoms with Gasteiger partial charge in [0.05, 0.1) is 11.6 Å². The molecule has 6 nitrogen and oxygen atoms in total. The smallest absolute Gasteiger partial charge is 0.326 e. The van der Waals surface area contributed by atoms with Crippen LogP contribution >= 0.6 is 23.4 Å². The second kappa shape index (κ2) is 11.0. The highest BCUT2D eigenvalue weighted by Gasteiger charge is 2.21. The number of carbonyl (C=O) groups excluding carboxylic acids is 2. The van der Waals surface area contributed by atoms with Crippen molar-refractivity contribution in [1.82, 2.24) is 10.6 Å². The van der Waals surface area contributed by atoms with Gasteiger partial charge in [0.15, 0.2) is 0 Å². The standard InChI is InChI=1S/C17H23ClN2O4S/c1-11(2)9-13(17(23)24)20-16(22)10-19-15(21)7-8-25-14-6-4-3-5-12(14)18/h3-6,11,13H,7-10H2,1-2H3,(H,19,21)(H,20,22)(H,23,24)/t13-/m0/s1. The maximum absolute atomic E-state index is 11.8. The van der Waals surface area contributed by atoms with E-state index in [1.807, 2.05) is 32.0 Å². The number of nitrogens with one attached hydrogen (secondary N) is 2. The lowest BCUT2D eigenvalue weighted by Crippen LogP contribution is -2.46. The number of carboxylic acids is 1. The molecule has 138 valence electrons. The van der Waals surface area contributed by atoms with Gasteiger partial charge in [-0.2, -0.15) is 0 Å². The van der Waals surface area contributed by atoms with Crippen molar-refractivity contribution in [2.75, 3.05) is 12.3 Å². The summed E-state index contributed by atoms with van der Waals surface area (Å²) in [6.45, 7) is 3.51. The monoisotopic (exact) mass is 386 g/mol. The van der Waals surface area contributed by atoms with Crippen LogP contribution in [0.1, 0.15) is 26.7 Å². The summed E-state index contributed by atoms with van der Waals surface area (Å²) in [6.07, 6.45) is 0.570. The van der Waals surface area contributed by atoms with Gasteiger partial charge in [-0.05, 0) is 24.5 Å². The van der Waals surface area contributed by atoms with Gasteiger partial charge in [-0.25, -0.2) is 4.79 Å². The van der Waals surface area contributed by atoms with Crippen molar-refractivity contribution in [3.63, 3.8) is 0 Å². The summed E-state index contributed by atoms with van der Waals surface area (Å²) < 4.78 is 0. The fraction of sp³-hybridized carbons (Fsp3) is 0.471. The number of amides is 2. The van der Waals surface area contributed by atoms with Gasteiger partial charge in [0.25, 0.3) is 0 Å². The molecule has 0 heterocycles. The van der Waals surface area contributed by atoms with Crippen LogP contribution in [0, 0.1) is 5.92 Å². The highest BCUT2D eigenvalue weighted by molar-refractivity contribution is 7.99. The number of hydrogen-bond donors (Lipinski definition) is 3. The van der Waals surface area contributed by atoms with Gasteiger partial charge in [-0.3, -0.25) is 9.59 Å². The van der Waals surface area contributed by atoms with Crippen molar-refractivity contribution in [1.29, 1.82) is 0 Å². The van der Waals surface area contributed by atoms with Crippen molar-refractivity contribution in [2.24, 2.45) is 5.92 Å². The van der Waals surface area contributed by atoms with Gasteiger partial charge in [-0.1, -0.05) is 37.6 Å². The molecule has 25 heavy (non-hydrogen) atoms. The minimum atomic E-state index is -1.08. The lowest BCUT2D eigenvalue weighted by atomic mass is 10.0. The predicted octanol–water partition coefficient (Wildman–Crippen LogP) is 2.55. The van der Waals surface area contributed by atoms with E-state index in [4.69, 9.17) is 16.7 Å². The molecule has 3 N–H and O–H groups in total. The van der Waals surface area contributed by atoms with Gasteiger partial charge in [0.1, 0.15) is 6.04 Å². The predicted molar refractivity (Wildman–Crippen MR) is 98.8 cm³/mol. The summed E-state index contributed by atoms with van der Waals surface area (Å²) in [7, 11) is 0. The van der Waals surface area contributed by atoms with Crippen LogP contribution in [0.15, 0.2) is 29.2 Å². The maximum Gasteiger partial charge on any atom is 0.326 e. The molecule has 2 amide bonds. The van der Waals surface area contributed by atoms with Crippen LogP contribution < -0.4 is 10.6 Å². The van der Waals surface area contributed by atoms with E-state index in [1.165, 1.54) is 11.8 Å². The molecular formula is C17H23ClN2O4S. The van der Waals surface area contributed by atoms with Crippen LogP contribution in [0.2, 0.25) is 5.02 Å². The van der Waals surface area contributed by atoms with Crippen molar-refractivity contribution < 1.29 is 19.5 Å². The molecule has 0 radical (unpaired) electrons. The largest absolute Gasteiger partial charge is 0.480 e. The van der Waals surface area contributed by atoms with Crippen LogP contribution in [-0.4, -0.2) is 41.2 Å². The number of hydrogen-bond acceptors (Lipinski definition) is 4. The molecule has 0 aromatic heterocycles. The Morgan fingerprint density at radius 2 is 1.88 bits per heavy atom. The molecule has 0 unspecified atom stereocenters. The summed E-state index contributed by atoms with van der Waals surface area (Å²) >= 11 is 7.49. The molecule has 1 aromatic carbocycles. The van der Waals surface area contributed by atoms with Crippen LogP contribution in [0.25, 0.3) is 0 Å². The highest BCUT2D eigenvalue weighted by atomic mass is 35.5. The summed E-state index contributed by atoms with van der Waals surface area (Å²) in [6, 6.07) is 6.42. The summed E-state index contributed by atoms with van der Waals surface area (Å²) in [5.41, 5.74) is 0. The van der Waals surface area contributed by atoms with Crippen molar-refractivity contribution in [3.8, 4) is 0 Å². The van der Waals surface area contributed by atoms with E-state index < -0.39 is 17.9 Å². The molecule has 0 bridgehead atoms. The first-order valence-corrected chi connectivity index (χ1v) is 9.32. The minimum Gasteiger partial charge on any atom is -0.480 e. The zero-order valence-electron chi connectivity index (χ0n) is 14.3. The Hall–Kier alpha value is -1.73. The maximum atomic E-state index is 11.8. The summed E-state index contributed by atoms with van der Waals surface area (Å²) in [5.74, 6) is -1.20. The van der Waals surface area contributed by atoms with Gasteiger partial charge >= 0.3 is 5.97 Å². The normalized spacial score (nSPS) is 11.8. The van der Waals surface area contributed by atoms with Crippen LogP contribution in [0.4, 0.5) is 0 Å². The number of halogens is 1. The number of carboxylic acid groups (broad SMARTS) is 1. The van der Waals surface area contributed by atoms with Crippen LogP contribution in [0.3, 0.4) is 0 Å². The van der Waals surface area contributed by atoms with E-state index >= 15 is 0 Å². The van der Waals surface area contributed by atoms with E-state index in [0.29, 0.717) is 17.2 Å². The SMILES string of the molecule is CC(C)C[C@H](NC(=O)CNC(=O)CCSc1ccccc1Cl)C(=O)O. The lowest BCUT2D eigenvalue weighted by Gasteiger charge is -2.16. The molecule has 0 fully saturated rings. The molecule has 0 saturated carbocycles.